The highest BCUT2D eigenvalue weighted by Crippen LogP contribution is 2.30. The average Bonchev–Trinajstić information content (AvgIpc) is 3.19. The summed E-state index contributed by atoms with van der Waals surface area (Å²) in [7, 11) is 0. The van der Waals surface area contributed by atoms with E-state index in [-0.39, 0.29) is 0 Å². The quantitative estimate of drug-likeness (QED) is 0.363. The fourth-order valence-electron chi connectivity index (χ4n) is 3.87. The highest BCUT2D eigenvalue weighted by atomic mass is 16.1. The minimum absolute atomic E-state index is 0.509. The molecule has 5 aromatic rings. The Balaban J connectivity index is 1.53. The van der Waals surface area contributed by atoms with Crippen molar-refractivity contribution < 1.29 is 4.79 Å². The van der Waals surface area contributed by atoms with Crippen LogP contribution in [0.3, 0.4) is 0 Å². The highest BCUT2D eigenvalue weighted by Gasteiger charge is 2.17. The lowest BCUT2D eigenvalue weighted by Crippen LogP contribution is -2.08. The van der Waals surface area contributed by atoms with Crippen molar-refractivity contribution in [1.29, 1.82) is 0 Å². The summed E-state index contributed by atoms with van der Waals surface area (Å²) >= 11 is 0. The minimum atomic E-state index is 0.509. The predicted octanol–water partition coefficient (Wildman–Crippen LogP) is 5.55. The Morgan fingerprint density at radius 1 is 0.903 bits per heavy atom. The van der Waals surface area contributed by atoms with Crippen molar-refractivity contribution >= 4 is 33.9 Å². The van der Waals surface area contributed by atoms with E-state index in [1.165, 1.54) is 11.1 Å². The number of H-pyrrole nitrogens is 1. The molecule has 5 rings (SSSR count). The number of carbonyl (C=O) groups is 1. The van der Waals surface area contributed by atoms with Crippen molar-refractivity contribution in [3.8, 4) is 11.5 Å². The molecule has 0 radical (unpaired) electrons. The predicted molar refractivity (Wildman–Crippen MR) is 126 cm³/mol. The van der Waals surface area contributed by atoms with Crippen LogP contribution in [0.4, 0.5) is 5.82 Å². The Morgan fingerprint density at radius 3 is 2.45 bits per heavy atom. The Hall–Kier alpha value is -3.99. The van der Waals surface area contributed by atoms with Gasteiger partial charge >= 0.3 is 0 Å². The fraction of sp³-hybridized carbons (Fsp3) is 0.115. The Kier molecular flexibility index (Phi) is 4.92. The molecule has 31 heavy (non-hydrogen) atoms. The summed E-state index contributed by atoms with van der Waals surface area (Å²) in [6.45, 7) is 2.84. The van der Waals surface area contributed by atoms with E-state index in [0.717, 1.165) is 46.9 Å². The Morgan fingerprint density at radius 2 is 1.65 bits per heavy atom. The number of carbonyl (C=O) groups excluding carboxylic acids is 1. The van der Waals surface area contributed by atoms with Crippen molar-refractivity contribution in [2.45, 2.75) is 13.3 Å². The summed E-state index contributed by atoms with van der Waals surface area (Å²) in [6, 6.07) is 24.2. The van der Waals surface area contributed by atoms with Crippen LogP contribution in [0, 0.1) is 6.92 Å². The maximum Gasteiger partial charge on any atom is 0.179 e. The molecule has 0 bridgehead atoms. The first-order valence-corrected chi connectivity index (χ1v) is 10.4. The van der Waals surface area contributed by atoms with E-state index >= 15 is 0 Å². The number of aldehydes is 1. The molecule has 152 valence electrons. The van der Waals surface area contributed by atoms with Gasteiger partial charge in [-0.1, -0.05) is 60.2 Å². The largest absolute Gasteiger partial charge is 0.369 e. The molecule has 0 amide bonds. The summed E-state index contributed by atoms with van der Waals surface area (Å²) in [4.78, 5) is 24.8. The van der Waals surface area contributed by atoms with Crippen LogP contribution in [-0.4, -0.2) is 27.8 Å². The molecule has 0 saturated carbocycles. The van der Waals surface area contributed by atoms with Gasteiger partial charge in [-0.2, -0.15) is 0 Å². The molecule has 5 nitrogen and oxygen atoms in total. The van der Waals surface area contributed by atoms with E-state index < -0.39 is 0 Å². The van der Waals surface area contributed by atoms with E-state index in [2.05, 4.69) is 41.5 Å². The van der Waals surface area contributed by atoms with Crippen molar-refractivity contribution in [2.24, 2.45) is 0 Å². The lowest BCUT2D eigenvalue weighted by atomic mass is 10.1. The van der Waals surface area contributed by atoms with Crippen LogP contribution in [0.1, 0.15) is 21.5 Å². The van der Waals surface area contributed by atoms with Gasteiger partial charge in [0.25, 0.3) is 0 Å². The molecule has 2 heterocycles. The van der Waals surface area contributed by atoms with Crippen LogP contribution in [0.15, 0.2) is 72.8 Å². The van der Waals surface area contributed by atoms with E-state index in [9.17, 15) is 4.79 Å². The van der Waals surface area contributed by atoms with E-state index in [1.54, 1.807) is 0 Å². The van der Waals surface area contributed by atoms with E-state index in [4.69, 9.17) is 9.97 Å². The standard InChI is InChI=1S/C26H22N4O/c1-17-10-12-18(13-11-17)14-15-27-25-20-7-3-5-9-23(20)29-26(30-25)24-21(16-31)19-6-2-4-8-22(19)28-24/h2-13,16,28H,14-15H2,1H3,(H,27,29,30). The molecule has 0 atom stereocenters. The molecule has 0 saturated heterocycles. The minimum Gasteiger partial charge on any atom is -0.369 e. The van der Waals surface area contributed by atoms with Gasteiger partial charge in [-0.05, 0) is 37.1 Å². The van der Waals surface area contributed by atoms with Gasteiger partial charge in [0, 0.05) is 22.8 Å². The van der Waals surface area contributed by atoms with Gasteiger partial charge in [0.05, 0.1) is 16.8 Å². The smallest absolute Gasteiger partial charge is 0.179 e. The second-order valence-electron chi connectivity index (χ2n) is 7.65. The highest BCUT2D eigenvalue weighted by molar-refractivity contribution is 6.04. The van der Waals surface area contributed by atoms with Crippen molar-refractivity contribution in [3.05, 3.63) is 89.5 Å². The molecule has 0 aliphatic rings. The maximum absolute atomic E-state index is 11.9. The Bertz CT molecular complexity index is 1390. The van der Waals surface area contributed by atoms with Gasteiger partial charge in [0.2, 0.25) is 0 Å². The number of para-hydroxylation sites is 2. The zero-order valence-electron chi connectivity index (χ0n) is 17.2. The molecule has 5 heteroatoms. The number of benzene rings is 3. The number of nitrogens with one attached hydrogen (secondary N) is 2. The van der Waals surface area contributed by atoms with E-state index in [1.807, 2.05) is 48.5 Å². The van der Waals surface area contributed by atoms with Crippen LogP contribution in [0.25, 0.3) is 33.3 Å². The van der Waals surface area contributed by atoms with Crippen molar-refractivity contribution in [2.75, 3.05) is 11.9 Å². The molecule has 0 unspecified atom stereocenters. The van der Waals surface area contributed by atoms with Crippen LogP contribution in [-0.2, 0) is 6.42 Å². The first kappa shape index (κ1) is 19.0. The first-order valence-electron chi connectivity index (χ1n) is 10.4. The third-order valence-corrected chi connectivity index (χ3v) is 5.52. The van der Waals surface area contributed by atoms with Crippen molar-refractivity contribution in [3.63, 3.8) is 0 Å². The van der Waals surface area contributed by atoms with Gasteiger partial charge in [-0.25, -0.2) is 9.97 Å². The normalized spacial score (nSPS) is 11.1. The summed E-state index contributed by atoms with van der Waals surface area (Å²) in [5.74, 6) is 1.28. The van der Waals surface area contributed by atoms with Gasteiger partial charge in [0.15, 0.2) is 12.1 Å². The molecule has 0 aliphatic carbocycles. The number of fused-ring (bicyclic) bond motifs is 2. The molecule has 0 fully saturated rings. The number of aromatic nitrogens is 3. The molecule has 0 spiro atoms. The number of nitrogens with zero attached hydrogens (tertiary/aromatic N) is 2. The van der Waals surface area contributed by atoms with Crippen LogP contribution >= 0.6 is 0 Å². The number of hydrogen-bond acceptors (Lipinski definition) is 4. The zero-order valence-corrected chi connectivity index (χ0v) is 17.2. The average molecular weight is 406 g/mol. The molecular weight excluding hydrogens is 384 g/mol. The van der Waals surface area contributed by atoms with Gasteiger partial charge in [-0.3, -0.25) is 4.79 Å². The van der Waals surface area contributed by atoms with Crippen LogP contribution in [0.2, 0.25) is 0 Å². The van der Waals surface area contributed by atoms with Gasteiger partial charge < -0.3 is 10.3 Å². The van der Waals surface area contributed by atoms with Gasteiger partial charge in [-0.15, -0.1) is 0 Å². The van der Waals surface area contributed by atoms with Crippen molar-refractivity contribution in [1.82, 2.24) is 15.0 Å². The van der Waals surface area contributed by atoms with Crippen LogP contribution < -0.4 is 5.32 Å². The van der Waals surface area contributed by atoms with Gasteiger partial charge in [0.1, 0.15) is 5.82 Å². The second-order valence-corrected chi connectivity index (χ2v) is 7.65. The van der Waals surface area contributed by atoms with Crippen LogP contribution in [0.5, 0.6) is 0 Å². The maximum atomic E-state index is 11.9. The molecule has 3 aromatic carbocycles. The summed E-state index contributed by atoms with van der Waals surface area (Å²) in [5, 5.41) is 5.31. The number of rotatable bonds is 6. The fourth-order valence-corrected chi connectivity index (χ4v) is 3.87. The Labute approximate surface area is 180 Å². The molecular formula is C26H22N4O. The topological polar surface area (TPSA) is 70.7 Å². The summed E-state index contributed by atoms with van der Waals surface area (Å²) in [6.07, 6.45) is 1.76. The number of anilines is 1. The monoisotopic (exact) mass is 406 g/mol. The van der Waals surface area contributed by atoms with E-state index in [0.29, 0.717) is 17.1 Å². The second kappa shape index (κ2) is 8.03. The molecule has 2 N–H and O–H groups in total. The molecule has 0 aliphatic heterocycles. The SMILES string of the molecule is Cc1ccc(CCNc2nc(-c3[nH]c4ccccc4c3C=O)nc3ccccc23)cc1. The molecule has 2 aromatic heterocycles. The summed E-state index contributed by atoms with van der Waals surface area (Å²) in [5.41, 5.74) is 5.48. The first-order chi connectivity index (χ1) is 15.2. The lowest BCUT2D eigenvalue weighted by Gasteiger charge is -2.11. The third-order valence-electron chi connectivity index (χ3n) is 5.52. The number of aromatic amines is 1. The zero-order chi connectivity index (χ0) is 21.2. The lowest BCUT2D eigenvalue weighted by molar-refractivity contribution is 0.112. The number of hydrogen-bond donors (Lipinski definition) is 2. The third kappa shape index (κ3) is 3.66. The number of aryl methyl sites for hydroxylation is 1. The summed E-state index contributed by atoms with van der Waals surface area (Å²) < 4.78 is 0.